The second-order valence-electron chi connectivity index (χ2n) is 2.53. The summed E-state index contributed by atoms with van der Waals surface area (Å²) in [7, 11) is 0. The van der Waals surface area contributed by atoms with Crippen molar-refractivity contribution in [1.82, 2.24) is 0 Å². The van der Waals surface area contributed by atoms with Gasteiger partial charge in [-0.1, -0.05) is 26.0 Å². The first-order valence-electron chi connectivity index (χ1n) is 4.00. The molecule has 0 saturated carbocycles. The van der Waals surface area contributed by atoms with Crippen LogP contribution in [0.3, 0.4) is 0 Å². The molecule has 0 N–H and O–H groups in total. The minimum Gasteiger partial charge on any atom is -0.458 e. The van der Waals surface area contributed by atoms with Gasteiger partial charge in [0, 0.05) is 6.92 Å². The smallest absolute Gasteiger partial charge is 0.303 e. The van der Waals surface area contributed by atoms with E-state index in [1.165, 1.54) is 6.92 Å². The van der Waals surface area contributed by atoms with Crippen molar-refractivity contribution in [3.63, 3.8) is 0 Å². The van der Waals surface area contributed by atoms with Crippen LogP contribution in [0.4, 0.5) is 0 Å². The van der Waals surface area contributed by atoms with Gasteiger partial charge in [-0.3, -0.25) is 4.79 Å². The fourth-order valence-electron chi connectivity index (χ4n) is 0.843. The standard InChI is InChI=1S/C9H16O2/c1-4-6-7-9(5-2)11-8(3)10/h5,9H,2,4,6-7H2,1,3H3. The molecule has 0 heterocycles. The third-order valence-corrected chi connectivity index (χ3v) is 1.42. The van der Waals surface area contributed by atoms with E-state index < -0.39 is 0 Å². The Labute approximate surface area is 68.2 Å². The third kappa shape index (κ3) is 5.64. The zero-order valence-electron chi connectivity index (χ0n) is 7.30. The second kappa shape index (κ2) is 5.96. The van der Waals surface area contributed by atoms with Gasteiger partial charge < -0.3 is 4.74 Å². The van der Waals surface area contributed by atoms with E-state index in [0.29, 0.717) is 0 Å². The summed E-state index contributed by atoms with van der Waals surface area (Å²) in [5.74, 6) is -0.231. The third-order valence-electron chi connectivity index (χ3n) is 1.42. The van der Waals surface area contributed by atoms with Gasteiger partial charge >= 0.3 is 5.97 Å². The van der Waals surface area contributed by atoms with Crippen molar-refractivity contribution >= 4 is 5.97 Å². The lowest BCUT2D eigenvalue weighted by molar-refractivity contribution is -0.144. The van der Waals surface area contributed by atoms with Crippen LogP contribution in [0.15, 0.2) is 12.7 Å². The Kier molecular flexibility index (Phi) is 5.53. The lowest BCUT2D eigenvalue weighted by Gasteiger charge is -2.11. The molecule has 0 aromatic carbocycles. The maximum atomic E-state index is 10.5. The van der Waals surface area contributed by atoms with Crippen LogP contribution in [0.1, 0.15) is 33.1 Å². The lowest BCUT2D eigenvalue weighted by atomic mass is 10.1. The summed E-state index contributed by atoms with van der Waals surface area (Å²) < 4.78 is 4.94. The highest BCUT2D eigenvalue weighted by atomic mass is 16.5. The molecule has 0 aliphatic carbocycles. The Hall–Kier alpha value is -0.790. The molecule has 1 unspecified atom stereocenters. The molecule has 0 spiro atoms. The van der Waals surface area contributed by atoms with Gasteiger partial charge in [0.1, 0.15) is 6.10 Å². The first-order valence-corrected chi connectivity index (χ1v) is 4.00. The molecule has 0 amide bonds. The average Bonchev–Trinajstić information content (AvgIpc) is 1.97. The highest BCUT2D eigenvalue weighted by Crippen LogP contribution is 2.05. The van der Waals surface area contributed by atoms with Gasteiger partial charge in [-0.2, -0.15) is 0 Å². The number of hydrogen-bond donors (Lipinski definition) is 0. The highest BCUT2D eigenvalue weighted by Gasteiger charge is 2.05. The zero-order valence-corrected chi connectivity index (χ0v) is 7.30. The van der Waals surface area contributed by atoms with Gasteiger partial charge in [-0.25, -0.2) is 0 Å². The summed E-state index contributed by atoms with van der Waals surface area (Å²) in [6, 6.07) is 0. The number of esters is 1. The molecule has 64 valence electrons. The molecule has 0 fully saturated rings. The van der Waals surface area contributed by atoms with Crippen molar-refractivity contribution in [3.8, 4) is 0 Å². The SMILES string of the molecule is C=CC(CCCC)OC(C)=O. The molecule has 0 radical (unpaired) electrons. The molecule has 0 aromatic heterocycles. The van der Waals surface area contributed by atoms with Crippen LogP contribution >= 0.6 is 0 Å². The molecule has 2 heteroatoms. The molecule has 0 aliphatic rings. The summed E-state index contributed by atoms with van der Waals surface area (Å²) >= 11 is 0. The second-order valence-corrected chi connectivity index (χ2v) is 2.53. The van der Waals surface area contributed by atoms with E-state index in [1.807, 2.05) is 0 Å². The first-order chi connectivity index (χ1) is 5.20. The summed E-state index contributed by atoms with van der Waals surface area (Å²) in [6.07, 6.45) is 4.67. The van der Waals surface area contributed by atoms with Crippen LogP contribution in [0.25, 0.3) is 0 Å². The number of carbonyl (C=O) groups excluding carboxylic acids is 1. The van der Waals surface area contributed by atoms with E-state index in [-0.39, 0.29) is 12.1 Å². The maximum absolute atomic E-state index is 10.5. The molecule has 1 atom stereocenters. The summed E-state index contributed by atoms with van der Waals surface area (Å²) in [5, 5.41) is 0. The molecule has 0 saturated heterocycles. The summed E-state index contributed by atoms with van der Waals surface area (Å²) in [5.41, 5.74) is 0. The average molecular weight is 156 g/mol. The summed E-state index contributed by atoms with van der Waals surface area (Å²) in [6.45, 7) is 7.11. The highest BCUT2D eigenvalue weighted by molar-refractivity contribution is 5.66. The Morgan fingerprint density at radius 2 is 2.36 bits per heavy atom. The van der Waals surface area contributed by atoms with Crippen molar-refractivity contribution in [3.05, 3.63) is 12.7 Å². The lowest BCUT2D eigenvalue weighted by Crippen LogP contribution is -2.12. The van der Waals surface area contributed by atoms with Crippen LogP contribution in [-0.4, -0.2) is 12.1 Å². The van der Waals surface area contributed by atoms with Gasteiger partial charge in [-0.05, 0) is 12.8 Å². The largest absolute Gasteiger partial charge is 0.458 e. The van der Waals surface area contributed by atoms with E-state index in [0.717, 1.165) is 19.3 Å². The minimum atomic E-state index is -0.231. The number of rotatable bonds is 5. The molecular formula is C9H16O2. The van der Waals surface area contributed by atoms with Crippen LogP contribution in [0.2, 0.25) is 0 Å². The van der Waals surface area contributed by atoms with Gasteiger partial charge in [0.05, 0.1) is 0 Å². The van der Waals surface area contributed by atoms with Gasteiger partial charge in [0.15, 0.2) is 0 Å². The topological polar surface area (TPSA) is 26.3 Å². The van der Waals surface area contributed by atoms with Crippen molar-refractivity contribution in [2.45, 2.75) is 39.2 Å². The predicted octanol–water partition coefficient (Wildman–Crippen LogP) is 2.29. The van der Waals surface area contributed by atoms with E-state index in [1.54, 1.807) is 6.08 Å². The molecule has 0 bridgehead atoms. The molecule has 2 nitrogen and oxygen atoms in total. The summed E-state index contributed by atoms with van der Waals surface area (Å²) in [4.78, 5) is 10.5. The Balaban J connectivity index is 3.57. The Bertz CT molecular complexity index is 130. The van der Waals surface area contributed by atoms with Crippen LogP contribution in [0, 0.1) is 0 Å². The molecular weight excluding hydrogens is 140 g/mol. The van der Waals surface area contributed by atoms with Crippen LogP contribution in [0.5, 0.6) is 0 Å². The fraction of sp³-hybridized carbons (Fsp3) is 0.667. The minimum absolute atomic E-state index is 0.0903. The Morgan fingerprint density at radius 1 is 1.73 bits per heavy atom. The fourth-order valence-corrected chi connectivity index (χ4v) is 0.843. The van der Waals surface area contributed by atoms with Gasteiger partial charge in [0.2, 0.25) is 0 Å². The zero-order chi connectivity index (χ0) is 8.69. The van der Waals surface area contributed by atoms with Crippen LogP contribution < -0.4 is 0 Å². The van der Waals surface area contributed by atoms with Gasteiger partial charge in [0.25, 0.3) is 0 Å². The van der Waals surface area contributed by atoms with E-state index in [9.17, 15) is 4.79 Å². The number of ether oxygens (including phenoxy) is 1. The van der Waals surface area contributed by atoms with Gasteiger partial charge in [-0.15, -0.1) is 0 Å². The monoisotopic (exact) mass is 156 g/mol. The molecule has 0 aromatic rings. The molecule has 11 heavy (non-hydrogen) atoms. The van der Waals surface area contributed by atoms with E-state index in [2.05, 4.69) is 13.5 Å². The molecule has 0 rings (SSSR count). The maximum Gasteiger partial charge on any atom is 0.303 e. The quantitative estimate of drug-likeness (QED) is 0.451. The van der Waals surface area contributed by atoms with Crippen LogP contribution in [-0.2, 0) is 9.53 Å². The Morgan fingerprint density at radius 3 is 2.73 bits per heavy atom. The van der Waals surface area contributed by atoms with E-state index in [4.69, 9.17) is 4.74 Å². The predicted molar refractivity (Wildman–Crippen MR) is 45.3 cm³/mol. The first kappa shape index (κ1) is 10.2. The van der Waals surface area contributed by atoms with Crippen molar-refractivity contribution in [2.24, 2.45) is 0 Å². The molecule has 0 aliphatic heterocycles. The number of carbonyl (C=O) groups is 1. The van der Waals surface area contributed by atoms with Crippen molar-refractivity contribution in [2.75, 3.05) is 0 Å². The number of hydrogen-bond acceptors (Lipinski definition) is 2. The van der Waals surface area contributed by atoms with Crippen molar-refractivity contribution in [1.29, 1.82) is 0 Å². The van der Waals surface area contributed by atoms with E-state index >= 15 is 0 Å². The normalized spacial score (nSPS) is 12.2. The van der Waals surface area contributed by atoms with Crippen molar-refractivity contribution < 1.29 is 9.53 Å². The number of unbranched alkanes of at least 4 members (excludes halogenated alkanes) is 1.